The van der Waals surface area contributed by atoms with E-state index in [-0.39, 0.29) is 5.91 Å². The summed E-state index contributed by atoms with van der Waals surface area (Å²) in [5, 5.41) is 12.6. The zero-order chi connectivity index (χ0) is 18.6. The number of ether oxygens (including phenoxy) is 2. The van der Waals surface area contributed by atoms with E-state index in [1.807, 2.05) is 6.92 Å². The lowest BCUT2D eigenvalue weighted by atomic mass is 10.1. The lowest BCUT2D eigenvalue weighted by molar-refractivity contribution is -0.121. The van der Waals surface area contributed by atoms with Crippen molar-refractivity contribution in [3.8, 4) is 0 Å². The zero-order valence-corrected chi connectivity index (χ0v) is 16.6. The summed E-state index contributed by atoms with van der Waals surface area (Å²) in [7, 11) is 0. The number of carbonyl (C=O) groups is 1. The Bertz CT molecular complexity index is 287. The highest BCUT2D eigenvalue weighted by molar-refractivity contribution is 5.75. The van der Waals surface area contributed by atoms with Crippen molar-refractivity contribution < 1.29 is 19.4 Å². The molecular weight excluding hydrogens is 318 g/mol. The minimum atomic E-state index is -0.469. The number of unbranched alkanes of at least 4 members (excludes halogenated alkanes) is 7. The molecule has 0 aliphatic carbocycles. The van der Waals surface area contributed by atoms with Gasteiger partial charge in [0.05, 0.1) is 12.7 Å². The van der Waals surface area contributed by atoms with E-state index >= 15 is 0 Å². The molecular formula is C20H41NO4. The number of rotatable bonds is 19. The fraction of sp³-hybridized carbons (Fsp3) is 0.950. The summed E-state index contributed by atoms with van der Waals surface area (Å²) in [5.74, 6) is 0.141. The van der Waals surface area contributed by atoms with Crippen LogP contribution in [0.15, 0.2) is 0 Å². The molecule has 0 heterocycles. The number of hydrogen-bond donors (Lipinski definition) is 2. The third-order valence-corrected chi connectivity index (χ3v) is 4.15. The SMILES string of the molecule is CCCCCCCCCCC(=O)NCCCOCC(O)CCOCC. The van der Waals surface area contributed by atoms with Crippen molar-refractivity contribution in [3.63, 3.8) is 0 Å². The van der Waals surface area contributed by atoms with E-state index in [4.69, 9.17) is 9.47 Å². The number of amides is 1. The highest BCUT2D eigenvalue weighted by atomic mass is 16.5. The molecule has 0 fully saturated rings. The van der Waals surface area contributed by atoms with Crippen molar-refractivity contribution in [2.24, 2.45) is 0 Å². The van der Waals surface area contributed by atoms with E-state index in [9.17, 15) is 9.90 Å². The molecule has 2 N–H and O–H groups in total. The second-order valence-corrected chi connectivity index (χ2v) is 6.64. The van der Waals surface area contributed by atoms with Crippen LogP contribution >= 0.6 is 0 Å². The number of hydrogen-bond acceptors (Lipinski definition) is 4. The normalized spacial score (nSPS) is 12.3. The zero-order valence-electron chi connectivity index (χ0n) is 16.6. The Balaban J connectivity index is 3.25. The van der Waals surface area contributed by atoms with Gasteiger partial charge in [-0.15, -0.1) is 0 Å². The highest BCUT2D eigenvalue weighted by Crippen LogP contribution is 2.09. The average Bonchev–Trinajstić information content (AvgIpc) is 2.60. The van der Waals surface area contributed by atoms with Gasteiger partial charge in [-0.3, -0.25) is 4.79 Å². The monoisotopic (exact) mass is 359 g/mol. The Morgan fingerprint density at radius 1 is 0.920 bits per heavy atom. The molecule has 0 aromatic heterocycles. The van der Waals surface area contributed by atoms with E-state index in [0.717, 1.165) is 19.3 Å². The van der Waals surface area contributed by atoms with Crippen molar-refractivity contribution >= 4 is 5.91 Å². The first-order valence-electron chi connectivity index (χ1n) is 10.3. The van der Waals surface area contributed by atoms with E-state index in [1.54, 1.807) is 0 Å². The van der Waals surface area contributed by atoms with Crippen LogP contribution in [-0.2, 0) is 14.3 Å². The molecule has 0 spiro atoms. The van der Waals surface area contributed by atoms with Gasteiger partial charge in [0.15, 0.2) is 0 Å². The summed E-state index contributed by atoms with van der Waals surface area (Å²) in [4.78, 5) is 11.7. The van der Waals surface area contributed by atoms with Gasteiger partial charge in [-0.05, 0) is 26.2 Å². The summed E-state index contributed by atoms with van der Waals surface area (Å²) in [6.07, 6.45) is 11.6. The standard InChI is InChI=1S/C20H41NO4/c1-3-5-6-7-8-9-10-11-13-20(23)21-15-12-16-25-18-19(22)14-17-24-4-2/h19,22H,3-18H2,1-2H3,(H,21,23). The second-order valence-electron chi connectivity index (χ2n) is 6.64. The molecule has 0 rings (SSSR count). The fourth-order valence-corrected chi connectivity index (χ4v) is 2.58. The van der Waals surface area contributed by atoms with Crippen LogP contribution in [0, 0.1) is 0 Å². The lowest BCUT2D eigenvalue weighted by Gasteiger charge is -2.11. The van der Waals surface area contributed by atoms with Crippen LogP contribution in [0.4, 0.5) is 0 Å². The number of aliphatic hydroxyl groups excluding tert-OH is 1. The maximum absolute atomic E-state index is 11.7. The largest absolute Gasteiger partial charge is 0.391 e. The molecule has 150 valence electrons. The third-order valence-electron chi connectivity index (χ3n) is 4.15. The lowest BCUT2D eigenvalue weighted by Crippen LogP contribution is -2.25. The summed E-state index contributed by atoms with van der Waals surface area (Å²) in [6, 6.07) is 0. The van der Waals surface area contributed by atoms with E-state index in [0.29, 0.717) is 45.8 Å². The molecule has 1 atom stereocenters. The van der Waals surface area contributed by atoms with Crippen LogP contribution in [0.5, 0.6) is 0 Å². The van der Waals surface area contributed by atoms with Gasteiger partial charge in [-0.2, -0.15) is 0 Å². The molecule has 0 saturated heterocycles. The maximum atomic E-state index is 11.7. The Morgan fingerprint density at radius 2 is 1.60 bits per heavy atom. The first-order chi connectivity index (χ1) is 12.2. The van der Waals surface area contributed by atoms with Crippen LogP contribution in [0.2, 0.25) is 0 Å². The second kappa shape index (κ2) is 19.7. The van der Waals surface area contributed by atoms with Crippen molar-refractivity contribution in [1.82, 2.24) is 5.32 Å². The first kappa shape index (κ1) is 24.4. The molecule has 5 heteroatoms. The molecule has 0 bridgehead atoms. The minimum absolute atomic E-state index is 0.141. The smallest absolute Gasteiger partial charge is 0.219 e. The predicted octanol–water partition coefficient (Wildman–Crippen LogP) is 3.83. The molecule has 1 amide bonds. The molecule has 5 nitrogen and oxygen atoms in total. The third kappa shape index (κ3) is 19.5. The van der Waals surface area contributed by atoms with E-state index in [1.165, 1.54) is 38.5 Å². The van der Waals surface area contributed by atoms with Gasteiger partial charge in [-0.25, -0.2) is 0 Å². The molecule has 25 heavy (non-hydrogen) atoms. The van der Waals surface area contributed by atoms with Crippen molar-refractivity contribution in [3.05, 3.63) is 0 Å². The minimum Gasteiger partial charge on any atom is -0.391 e. The quantitative estimate of drug-likeness (QED) is 0.344. The Labute approximate surface area is 154 Å². The molecule has 0 aromatic carbocycles. The summed E-state index contributed by atoms with van der Waals surface area (Å²) < 4.78 is 10.6. The van der Waals surface area contributed by atoms with Gasteiger partial charge in [0.2, 0.25) is 5.91 Å². The van der Waals surface area contributed by atoms with Crippen LogP contribution < -0.4 is 5.32 Å². The van der Waals surface area contributed by atoms with Crippen molar-refractivity contribution in [2.45, 2.75) is 90.6 Å². The average molecular weight is 360 g/mol. The molecule has 0 radical (unpaired) electrons. The molecule has 0 aromatic rings. The molecule has 0 saturated carbocycles. The molecule has 1 unspecified atom stereocenters. The van der Waals surface area contributed by atoms with Crippen LogP contribution in [0.25, 0.3) is 0 Å². The van der Waals surface area contributed by atoms with Gasteiger partial charge in [0, 0.05) is 32.8 Å². The van der Waals surface area contributed by atoms with Gasteiger partial charge in [-0.1, -0.05) is 51.9 Å². The Kier molecular flexibility index (Phi) is 19.2. The van der Waals surface area contributed by atoms with Gasteiger partial charge in [0.1, 0.15) is 0 Å². The van der Waals surface area contributed by atoms with Crippen LogP contribution in [0.3, 0.4) is 0 Å². The van der Waals surface area contributed by atoms with Crippen molar-refractivity contribution in [1.29, 1.82) is 0 Å². The van der Waals surface area contributed by atoms with E-state index < -0.39 is 6.10 Å². The van der Waals surface area contributed by atoms with Gasteiger partial charge < -0.3 is 19.9 Å². The predicted molar refractivity (Wildman–Crippen MR) is 103 cm³/mol. The maximum Gasteiger partial charge on any atom is 0.219 e. The molecule has 0 aliphatic heterocycles. The Hall–Kier alpha value is -0.650. The summed E-state index contributed by atoms with van der Waals surface area (Å²) in [5.41, 5.74) is 0. The fourth-order valence-electron chi connectivity index (χ4n) is 2.58. The van der Waals surface area contributed by atoms with Gasteiger partial charge in [0.25, 0.3) is 0 Å². The highest BCUT2D eigenvalue weighted by Gasteiger charge is 2.04. The summed E-state index contributed by atoms with van der Waals surface area (Å²) in [6.45, 7) is 6.94. The van der Waals surface area contributed by atoms with Crippen molar-refractivity contribution in [2.75, 3.05) is 33.0 Å². The summed E-state index contributed by atoms with van der Waals surface area (Å²) >= 11 is 0. The topological polar surface area (TPSA) is 67.8 Å². The number of nitrogens with one attached hydrogen (secondary N) is 1. The Morgan fingerprint density at radius 3 is 2.28 bits per heavy atom. The first-order valence-corrected chi connectivity index (χ1v) is 10.3. The van der Waals surface area contributed by atoms with Crippen LogP contribution in [0.1, 0.15) is 84.5 Å². The molecule has 0 aliphatic rings. The van der Waals surface area contributed by atoms with Gasteiger partial charge >= 0.3 is 0 Å². The van der Waals surface area contributed by atoms with E-state index in [2.05, 4.69) is 12.2 Å². The number of aliphatic hydroxyl groups is 1. The number of carbonyl (C=O) groups excluding carboxylic acids is 1. The van der Waals surface area contributed by atoms with Crippen LogP contribution in [-0.4, -0.2) is 50.1 Å².